The zero-order valence-electron chi connectivity index (χ0n) is 12.9. The number of nitrogens with zero attached hydrogens (tertiary/aromatic N) is 1. The maximum Gasteiger partial charge on any atom is 0.263 e. The maximum absolute atomic E-state index is 12.4. The zero-order valence-corrected chi connectivity index (χ0v) is 15.3. The van der Waals surface area contributed by atoms with E-state index in [1.165, 1.54) is 4.90 Å². The van der Waals surface area contributed by atoms with E-state index in [0.29, 0.717) is 12.2 Å². The summed E-state index contributed by atoms with van der Waals surface area (Å²) in [4.78, 5) is 13.9. The zero-order chi connectivity index (χ0) is 16.5. The third kappa shape index (κ3) is 4.01. The van der Waals surface area contributed by atoms with Crippen LogP contribution in [0.2, 0.25) is 0 Å². The molecule has 1 aliphatic heterocycles. The Kier molecular flexibility index (Phi) is 5.17. The Bertz CT molecular complexity index is 674. The Morgan fingerprint density at radius 1 is 1.45 bits per heavy atom. The summed E-state index contributed by atoms with van der Waals surface area (Å²) in [6, 6.07) is 5.37. The highest BCUT2D eigenvalue weighted by Gasteiger charge is 2.34. The van der Waals surface area contributed by atoms with Crippen molar-refractivity contribution in [3.05, 3.63) is 28.2 Å². The van der Waals surface area contributed by atoms with Gasteiger partial charge in [0.25, 0.3) is 5.91 Å². The van der Waals surface area contributed by atoms with Crippen molar-refractivity contribution >= 4 is 31.7 Å². The van der Waals surface area contributed by atoms with Gasteiger partial charge < -0.3 is 9.64 Å². The Morgan fingerprint density at radius 3 is 2.68 bits per heavy atom. The van der Waals surface area contributed by atoms with Crippen LogP contribution in [0.3, 0.4) is 0 Å². The number of aryl methyl sites for hydroxylation is 1. The van der Waals surface area contributed by atoms with Crippen LogP contribution in [0.25, 0.3) is 0 Å². The van der Waals surface area contributed by atoms with E-state index in [9.17, 15) is 13.2 Å². The summed E-state index contributed by atoms with van der Waals surface area (Å²) >= 11 is 3.41. The van der Waals surface area contributed by atoms with E-state index in [4.69, 9.17) is 4.74 Å². The molecule has 1 amide bonds. The molecule has 1 fully saturated rings. The molecule has 0 saturated carbocycles. The van der Waals surface area contributed by atoms with Gasteiger partial charge >= 0.3 is 0 Å². The van der Waals surface area contributed by atoms with Crippen molar-refractivity contribution < 1.29 is 17.9 Å². The molecular formula is C15H20BrNO4S. The molecule has 1 aliphatic rings. The first-order valence-corrected chi connectivity index (χ1v) is 9.71. The monoisotopic (exact) mass is 389 g/mol. The molecule has 2 rings (SSSR count). The number of rotatable bonds is 4. The van der Waals surface area contributed by atoms with E-state index in [2.05, 4.69) is 15.9 Å². The van der Waals surface area contributed by atoms with E-state index >= 15 is 0 Å². The highest BCUT2D eigenvalue weighted by molar-refractivity contribution is 9.10. The van der Waals surface area contributed by atoms with Crippen LogP contribution >= 0.6 is 15.9 Å². The van der Waals surface area contributed by atoms with Crippen LogP contribution in [-0.2, 0) is 14.6 Å². The first kappa shape index (κ1) is 17.3. The number of sulfone groups is 1. The van der Waals surface area contributed by atoms with E-state index in [-0.39, 0.29) is 23.5 Å². The topological polar surface area (TPSA) is 63.7 Å². The molecule has 0 radical (unpaired) electrons. The summed E-state index contributed by atoms with van der Waals surface area (Å²) in [6.45, 7) is 3.64. The average molecular weight is 390 g/mol. The molecule has 1 aromatic rings. The van der Waals surface area contributed by atoms with Crippen molar-refractivity contribution in [1.82, 2.24) is 4.90 Å². The number of likely N-dealkylation sites (N-methyl/N-ethyl adjacent to an activating group) is 1. The molecule has 0 bridgehead atoms. The fourth-order valence-electron chi connectivity index (χ4n) is 2.49. The summed E-state index contributed by atoms with van der Waals surface area (Å²) < 4.78 is 29.6. The molecule has 0 aliphatic carbocycles. The molecule has 1 saturated heterocycles. The highest BCUT2D eigenvalue weighted by Crippen LogP contribution is 2.27. The molecule has 1 heterocycles. The molecule has 0 spiro atoms. The molecule has 22 heavy (non-hydrogen) atoms. The fourth-order valence-corrected chi connectivity index (χ4v) is 4.85. The summed E-state index contributed by atoms with van der Waals surface area (Å²) in [5.74, 6) is 0.568. The number of hydrogen-bond donors (Lipinski definition) is 0. The third-order valence-corrected chi connectivity index (χ3v) is 6.21. The smallest absolute Gasteiger partial charge is 0.263 e. The van der Waals surface area contributed by atoms with Gasteiger partial charge in [-0.2, -0.15) is 0 Å². The lowest BCUT2D eigenvalue weighted by Crippen LogP contribution is -2.44. The van der Waals surface area contributed by atoms with Gasteiger partial charge in [0.2, 0.25) is 0 Å². The first-order valence-electron chi connectivity index (χ1n) is 7.09. The first-order chi connectivity index (χ1) is 10.2. The Balaban J connectivity index is 2.02. The summed E-state index contributed by atoms with van der Waals surface area (Å²) in [5.41, 5.74) is 1.09. The van der Waals surface area contributed by atoms with Crippen molar-refractivity contribution in [2.75, 3.05) is 18.6 Å². The van der Waals surface area contributed by atoms with Gasteiger partial charge in [-0.3, -0.25) is 4.79 Å². The fraction of sp³-hybridized carbons (Fsp3) is 0.533. The van der Waals surface area contributed by atoms with Gasteiger partial charge in [0.1, 0.15) is 5.75 Å². The lowest BCUT2D eigenvalue weighted by molar-refractivity contribution is -0.138. The van der Waals surface area contributed by atoms with Gasteiger partial charge in [0.05, 0.1) is 16.0 Å². The summed E-state index contributed by atoms with van der Waals surface area (Å²) in [7, 11) is -1.38. The summed E-state index contributed by atoms with van der Waals surface area (Å²) in [6.07, 6.45) is -0.182. The lowest BCUT2D eigenvalue weighted by atomic mass is 10.2. The van der Waals surface area contributed by atoms with E-state index in [1.54, 1.807) is 14.0 Å². The van der Waals surface area contributed by atoms with E-state index < -0.39 is 15.9 Å². The molecule has 0 unspecified atom stereocenters. The minimum atomic E-state index is -3.01. The van der Waals surface area contributed by atoms with Crippen LogP contribution in [-0.4, -0.2) is 49.9 Å². The van der Waals surface area contributed by atoms with Crippen molar-refractivity contribution in [2.45, 2.75) is 32.4 Å². The van der Waals surface area contributed by atoms with Crippen LogP contribution in [0, 0.1) is 6.92 Å². The second-order valence-electron chi connectivity index (χ2n) is 5.70. The predicted molar refractivity (Wildman–Crippen MR) is 88.8 cm³/mol. The highest BCUT2D eigenvalue weighted by atomic mass is 79.9. The normalized spacial score (nSPS) is 21.4. The Morgan fingerprint density at radius 2 is 2.14 bits per heavy atom. The van der Waals surface area contributed by atoms with E-state index in [0.717, 1.165) is 10.0 Å². The quantitative estimate of drug-likeness (QED) is 0.791. The number of hydrogen-bond acceptors (Lipinski definition) is 4. The lowest BCUT2D eigenvalue weighted by Gasteiger charge is -2.27. The Hall–Kier alpha value is -1.08. The van der Waals surface area contributed by atoms with Crippen LogP contribution in [0.4, 0.5) is 0 Å². The predicted octanol–water partition coefficient (Wildman–Crippen LogP) is 2.17. The number of amides is 1. The minimum Gasteiger partial charge on any atom is -0.480 e. The number of benzene rings is 1. The van der Waals surface area contributed by atoms with Gasteiger partial charge in [-0.1, -0.05) is 6.07 Å². The van der Waals surface area contributed by atoms with Crippen LogP contribution in [0.5, 0.6) is 5.75 Å². The molecule has 122 valence electrons. The van der Waals surface area contributed by atoms with E-state index in [1.807, 2.05) is 25.1 Å². The van der Waals surface area contributed by atoms with Gasteiger partial charge in [0.15, 0.2) is 15.9 Å². The van der Waals surface area contributed by atoms with Crippen LogP contribution in [0.1, 0.15) is 18.9 Å². The van der Waals surface area contributed by atoms with Gasteiger partial charge in [-0.05, 0) is 53.9 Å². The maximum atomic E-state index is 12.4. The standard InChI is InChI=1S/C15H20BrNO4S/c1-10-4-5-14(13(16)8-10)21-11(2)15(18)17(3)12-6-7-22(19,20)9-12/h4-5,8,11-12H,6-7,9H2,1-3H3/t11-,12+/m0/s1. The molecule has 0 aromatic heterocycles. The number of ether oxygens (including phenoxy) is 1. The second kappa shape index (κ2) is 6.58. The molecule has 7 heteroatoms. The molecule has 1 aromatic carbocycles. The minimum absolute atomic E-state index is 0.0379. The van der Waals surface area contributed by atoms with Crippen molar-refractivity contribution in [1.29, 1.82) is 0 Å². The molecular weight excluding hydrogens is 370 g/mol. The van der Waals surface area contributed by atoms with Gasteiger partial charge in [-0.25, -0.2) is 8.42 Å². The average Bonchev–Trinajstić information content (AvgIpc) is 2.80. The van der Waals surface area contributed by atoms with Crippen molar-refractivity contribution in [3.8, 4) is 5.75 Å². The largest absolute Gasteiger partial charge is 0.480 e. The van der Waals surface area contributed by atoms with Gasteiger partial charge in [-0.15, -0.1) is 0 Å². The molecule has 2 atom stereocenters. The summed E-state index contributed by atoms with van der Waals surface area (Å²) in [5, 5.41) is 0. The van der Waals surface area contributed by atoms with Crippen molar-refractivity contribution in [3.63, 3.8) is 0 Å². The van der Waals surface area contributed by atoms with Crippen molar-refractivity contribution in [2.24, 2.45) is 0 Å². The van der Waals surface area contributed by atoms with Crippen LogP contribution in [0.15, 0.2) is 22.7 Å². The third-order valence-electron chi connectivity index (χ3n) is 3.84. The number of carbonyl (C=O) groups excluding carboxylic acids is 1. The number of carbonyl (C=O) groups is 1. The van der Waals surface area contributed by atoms with Crippen LogP contribution < -0.4 is 4.74 Å². The Labute approximate surface area is 139 Å². The SMILES string of the molecule is Cc1ccc(O[C@@H](C)C(=O)N(C)[C@@H]2CCS(=O)(=O)C2)c(Br)c1. The second-order valence-corrected chi connectivity index (χ2v) is 8.78. The van der Waals surface area contributed by atoms with Gasteiger partial charge in [0, 0.05) is 13.1 Å². The number of halogens is 1. The molecule has 5 nitrogen and oxygen atoms in total. The molecule has 0 N–H and O–H groups in total.